The van der Waals surface area contributed by atoms with Crippen LogP contribution in [0.15, 0.2) is 60.9 Å². The molecule has 0 saturated carbocycles. The van der Waals surface area contributed by atoms with E-state index in [-0.39, 0.29) is 18.2 Å². The van der Waals surface area contributed by atoms with Gasteiger partial charge in [0.15, 0.2) is 0 Å². The Morgan fingerprint density at radius 1 is 1.10 bits per heavy atom. The van der Waals surface area contributed by atoms with Gasteiger partial charge in [0.05, 0.1) is 30.5 Å². The summed E-state index contributed by atoms with van der Waals surface area (Å²) in [5.74, 6) is -0.257. The Bertz CT molecular complexity index is 1010. The standard InChI is InChI=1S/C23H27N5O3/c1-31-12-4-11-25-22(29)13-18-14-26-28(16-18)15-17-7-9-19(10-8-17)23(30)27-21-6-3-2-5-20(21)24/h2-3,5-10,14,16H,4,11-13,15,24H2,1H3,(H,25,29)(H,27,30). The number of aromatic nitrogens is 2. The Balaban J connectivity index is 1.51. The van der Waals surface area contributed by atoms with Gasteiger partial charge in [0.2, 0.25) is 5.91 Å². The number of amides is 2. The highest BCUT2D eigenvalue weighted by Crippen LogP contribution is 2.18. The highest BCUT2D eigenvalue weighted by Gasteiger charge is 2.09. The molecule has 31 heavy (non-hydrogen) atoms. The average Bonchev–Trinajstić information content (AvgIpc) is 3.20. The molecule has 2 aromatic carbocycles. The maximum absolute atomic E-state index is 12.4. The number of ether oxygens (including phenoxy) is 1. The van der Waals surface area contributed by atoms with Crippen LogP contribution in [0.4, 0.5) is 11.4 Å². The first-order valence-electron chi connectivity index (χ1n) is 10.1. The number of nitrogens with zero attached hydrogens (tertiary/aromatic N) is 2. The van der Waals surface area contributed by atoms with Crippen molar-refractivity contribution in [2.45, 2.75) is 19.4 Å². The first-order chi connectivity index (χ1) is 15.0. The number of nitrogens with two attached hydrogens (primary N) is 1. The maximum Gasteiger partial charge on any atom is 0.255 e. The number of rotatable bonds is 10. The molecule has 2 amide bonds. The van der Waals surface area contributed by atoms with Crippen LogP contribution >= 0.6 is 0 Å². The van der Waals surface area contributed by atoms with Gasteiger partial charge >= 0.3 is 0 Å². The molecule has 3 rings (SSSR count). The summed E-state index contributed by atoms with van der Waals surface area (Å²) in [6.07, 6.45) is 4.62. The molecule has 8 nitrogen and oxygen atoms in total. The van der Waals surface area contributed by atoms with Gasteiger partial charge in [-0.3, -0.25) is 14.3 Å². The van der Waals surface area contributed by atoms with E-state index >= 15 is 0 Å². The summed E-state index contributed by atoms with van der Waals surface area (Å²) in [5.41, 5.74) is 9.36. The number of hydrogen-bond donors (Lipinski definition) is 3. The highest BCUT2D eigenvalue weighted by atomic mass is 16.5. The predicted molar refractivity (Wildman–Crippen MR) is 120 cm³/mol. The van der Waals surface area contributed by atoms with E-state index in [9.17, 15) is 9.59 Å². The van der Waals surface area contributed by atoms with Crippen LogP contribution in [0.25, 0.3) is 0 Å². The molecule has 162 valence electrons. The van der Waals surface area contributed by atoms with Crippen LogP contribution in [-0.4, -0.2) is 41.9 Å². The number of nitrogens with one attached hydrogen (secondary N) is 2. The van der Waals surface area contributed by atoms with Gasteiger partial charge in [-0.25, -0.2) is 0 Å². The minimum Gasteiger partial charge on any atom is -0.397 e. The van der Waals surface area contributed by atoms with Crippen molar-refractivity contribution in [1.82, 2.24) is 15.1 Å². The zero-order valence-corrected chi connectivity index (χ0v) is 17.5. The number of benzene rings is 2. The van der Waals surface area contributed by atoms with Crippen LogP contribution in [0, 0.1) is 0 Å². The molecule has 0 aliphatic carbocycles. The van der Waals surface area contributed by atoms with E-state index in [1.54, 1.807) is 42.3 Å². The van der Waals surface area contributed by atoms with E-state index in [1.165, 1.54) is 0 Å². The van der Waals surface area contributed by atoms with Crippen LogP contribution in [0.1, 0.15) is 27.9 Å². The third-order valence-corrected chi connectivity index (χ3v) is 4.67. The molecule has 3 aromatic rings. The van der Waals surface area contributed by atoms with Gasteiger partial charge in [-0.2, -0.15) is 5.10 Å². The van der Waals surface area contributed by atoms with Gasteiger partial charge in [0.25, 0.3) is 5.91 Å². The molecule has 0 aliphatic heterocycles. The molecule has 0 bridgehead atoms. The minimum absolute atomic E-state index is 0.0370. The second-order valence-electron chi connectivity index (χ2n) is 7.16. The fraction of sp³-hybridized carbons (Fsp3) is 0.261. The molecule has 0 spiro atoms. The van der Waals surface area contributed by atoms with E-state index in [0.717, 1.165) is 17.5 Å². The van der Waals surface area contributed by atoms with Crippen LogP contribution in [0.3, 0.4) is 0 Å². The number of para-hydroxylation sites is 2. The first-order valence-corrected chi connectivity index (χ1v) is 10.1. The lowest BCUT2D eigenvalue weighted by atomic mass is 10.1. The van der Waals surface area contributed by atoms with Gasteiger partial charge in [-0.15, -0.1) is 0 Å². The molecule has 4 N–H and O–H groups in total. The van der Waals surface area contributed by atoms with Crippen molar-refractivity contribution in [1.29, 1.82) is 0 Å². The van der Waals surface area contributed by atoms with Crippen molar-refractivity contribution in [2.75, 3.05) is 31.3 Å². The molecule has 0 aliphatic rings. The molecule has 0 fully saturated rings. The zero-order valence-electron chi connectivity index (χ0n) is 17.5. The predicted octanol–water partition coefficient (Wildman–Crippen LogP) is 2.46. The van der Waals surface area contributed by atoms with Gasteiger partial charge in [-0.05, 0) is 41.8 Å². The molecular formula is C23H27N5O3. The van der Waals surface area contributed by atoms with Crippen LogP contribution in [0.5, 0.6) is 0 Å². The van der Waals surface area contributed by atoms with Crippen molar-refractivity contribution in [3.8, 4) is 0 Å². The molecule has 8 heteroatoms. The molecule has 0 unspecified atom stereocenters. The van der Waals surface area contributed by atoms with E-state index in [2.05, 4.69) is 15.7 Å². The lowest BCUT2D eigenvalue weighted by molar-refractivity contribution is -0.120. The fourth-order valence-corrected chi connectivity index (χ4v) is 3.03. The highest BCUT2D eigenvalue weighted by molar-refractivity contribution is 6.05. The number of carbonyl (C=O) groups excluding carboxylic acids is 2. The normalized spacial score (nSPS) is 10.6. The summed E-state index contributed by atoms with van der Waals surface area (Å²) < 4.78 is 6.73. The van der Waals surface area contributed by atoms with Gasteiger partial charge < -0.3 is 21.1 Å². The Labute approximate surface area is 181 Å². The fourth-order valence-electron chi connectivity index (χ4n) is 3.03. The summed E-state index contributed by atoms with van der Waals surface area (Å²) in [6.45, 7) is 1.76. The smallest absolute Gasteiger partial charge is 0.255 e. The maximum atomic E-state index is 12.4. The second-order valence-corrected chi connectivity index (χ2v) is 7.16. The lowest BCUT2D eigenvalue weighted by Crippen LogP contribution is -2.26. The number of anilines is 2. The third kappa shape index (κ3) is 6.68. The lowest BCUT2D eigenvalue weighted by Gasteiger charge is -2.08. The van der Waals surface area contributed by atoms with E-state index in [1.807, 2.05) is 30.5 Å². The summed E-state index contributed by atoms with van der Waals surface area (Å²) in [4.78, 5) is 24.4. The van der Waals surface area contributed by atoms with Crippen LogP contribution < -0.4 is 16.4 Å². The van der Waals surface area contributed by atoms with Crippen LogP contribution in [0.2, 0.25) is 0 Å². The molecule has 0 radical (unpaired) electrons. The Morgan fingerprint density at radius 2 is 1.87 bits per heavy atom. The number of hydrogen-bond acceptors (Lipinski definition) is 5. The van der Waals surface area contributed by atoms with Crippen molar-refractivity contribution < 1.29 is 14.3 Å². The average molecular weight is 422 g/mol. The van der Waals surface area contributed by atoms with Gasteiger partial charge in [0.1, 0.15) is 0 Å². The van der Waals surface area contributed by atoms with Crippen molar-refractivity contribution in [3.63, 3.8) is 0 Å². The third-order valence-electron chi connectivity index (χ3n) is 4.67. The summed E-state index contributed by atoms with van der Waals surface area (Å²) in [7, 11) is 1.64. The quantitative estimate of drug-likeness (QED) is 0.344. The molecule has 1 heterocycles. The van der Waals surface area contributed by atoms with E-state index < -0.39 is 0 Å². The number of nitrogen functional groups attached to an aromatic ring is 1. The van der Waals surface area contributed by atoms with E-state index in [0.29, 0.717) is 36.6 Å². The topological polar surface area (TPSA) is 111 Å². The van der Waals surface area contributed by atoms with E-state index in [4.69, 9.17) is 10.5 Å². The second kappa shape index (κ2) is 10.9. The Kier molecular flexibility index (Phi) is 7.78. The van der Waals surface area contributed by atoms with Crippen LogP contribution in [-0.2, 0) is 22.5 Å². The molecule has 0 atom stereocenters. The van der Waals surface area contributed by atoms with Crippen molar-refractivity contribution in [2.24, 2.45) is 0 Å². The SMILES string of the molecule is COCCCNC(=O)Cc1cnn(Cc2ccc(C(=O)Nc3ccccc3N)cc2)c1. The molecule has 0 saturated heterocycles. The van der Waals surface area contributed by atoms with Crippen molar-refractivity contribution in [3.05, 3.63) is 77.6 Å². The van der Waals surface area contributed by atoms with Gasteiger partial charge in [0, 0.05) is 32.0 Å². The zero-order chi connectivity index (χ0) is 22.1. The number of methoxy groups -OCH3 is 1. The largest absolute Gasteiger partial charge is 0.397 e. The van der Waals surface area contributed by atoms with Crippen molar-refractivity contribution >= 4 is 23.2 Å². The summed E-state index contributed by atoms with van der Waals surface area (Å²) >= 11 is 0. The summed E-state index contributed by atoms with van der Waals surface area (Å²) in [6, 6.07) is 14.4. The monoisotopic (exact) mass is 421 g/mol. The molecular weight excluding hydrogens is 394 g/mol. The Morgan fingerprint density at radius 3 is 2.61 bits per heavy atom. The van der Waals surface area contributed by atoms with Gasteiger partial charge in [-0.1, -0.05) is 24.3 Å². The molecule has 1 aromatic heterocycles. The Hall–Kier alpha value is -3.65. The summed E-state index contributed by atoms with van der Waals surface area (Å²) in [5, 5.41) is 9.99. The minimum atomic E-state index is -0.220. The number of carbonyl (C=O) groups is 2. The first kappa shape index (κ1) is 22.0.